The minimum absolute atomic E-state index is 1.11. The van der Waals surface area contributed by atoms with Gasteiger partial charge in [0.1, 0.15) is 0 Å². The van der Waals surface area contributed by atoms with Crippen LogP contribution >= 0.6 is 0 Å². The maximum atomic E-state index is 3.37. The first-order valence-corrected chi connectivity index (χ1v) is 10.1. The lowest BCUT2D eigenvalue weighted by molar-refractivity contribution is 0.537. The lowest BCUT2D eigenvalue weighted by atomic mass is 10.0. The van der Waals surface area contributed by atoms with E-state index >= 15 is 0 Å². The monoisotopic (exact) mass is 313 g/mol. The molecule has 0 aromatic rings. The van der Waals surface area contributed by atoms with E-state index < -0.39 is 0 Å². The molecule has 1 rings (SSSR count). The first-order valence-electron chi connectivity index (χ1n) is 10.1. The molecule has 1 aliphatic carbocycles. The third-order valence-corrected chi connectivity index (χ3v) is 4.49. The smallest absolute Gasteiger partial charge is 0.0276 e. The van der Waals surface area contributed by atoms with E-state index in [0.717, 1.165) is 6.42 Å². The average Bonchev–Trinajstić information content (AvgIpc) is 2.56. The van der Waals surface area contributed by atoms with Crippen molar-refractivity contribution in [1.82, 2.24) is 0 Å². The maximum Gasteiger partial charge on any atom is -0.0276 e. The molecule has 0 fully saturated rings. The number of rotatable bonds is 0. The molecule has 1 radical (unpaired) electrons. The zero-order valence-corrected chi connectivity index (χ0v) is 15.1. The lowest BCUT2D eigenvalue weighted by Gasteiger charge is -2.02. The molecule has 0 heteroatoms. The van der Waals surface area contributed by atoms with Crippen molar-refractivity contribution >= 4 is 0 Å². The van der Waals surface area contributed by atoms with Crippen LogP contribution in [0.3, 0.4) is 0 Å². The maximum absolute atomic E-state index is 3.37. The Labute approximate surface area is 145 Å². The van der Waals surface area contributed by atoms with Crippen LogP contribution in [0, 0.1) is 6.08 Å². The van der Waals surface area contributed by atoms with Crippen molar-refractivity contribution in [3.8, 4) is 0 Å². The van der Waals surface area contributed by atoms with Crippen LogP contribution < -0.4 is 0 Å². The summed E-state index contributed by atoms with van der Waals surface area (Å²) < 4.78 is 0. The standard InChI is InChI=1S/C23H37/c1-2-4-6-8-10-12-14-16-18-20-22-23-21-19-17-15-13-11-9-7-5-3-1/h1-7H,8,10-23H2/b2-1-,5-3-,6-4-,9-7?. The van der Waals surface area contributed by atoms with Crippen molar-refractivity contribution in [3.63, 3.8) is 0 Å². The zero-order chi connectivity index (χ0) is 16.3. The second-order valence-corrected chi connectivity index (χ2v) is 6.70. The molecule has 0 amide bonds. The van der Waals surface area contributed by atoms with Gasteiger partial charge in [0.05, 0.1) is 0 Å². The topological polar surface area (TPSA) is 0 Å². The number of hydrogen-bond donors (Lipinski definition) is 0. The Hall–Kier alpha value is -1.04. The van der Waals surface area contributed by atoms with Gasteiger partial charge < -0.3 is 0 Å². The van der Waals surface area contributed by atoms with Crippen molar-refractivity contribution in [1.29, 1.82) is 0 Å². The van der Waals surface area contributed by atoms with Gasteiger partial charge in [-0.05, 0) is 31.8 Å². The van der Waals surface area contributed by atoms with Crippen LogP contribution in [0.15, 0.2) is 42.5 Å². The van der Waals surface area contributed by atoms with E-state index in [0.29, 0.717) is 0 Å². The third-order valence-electron chi connectivity index (χ3n) is 4.49. The molecule has 0 N–H and O–H groups in total. The van der Waals surface area contributed by atoms with Gasteiger partial charge in [-0.25, -0.2) is 0 Å². The molecule has 0 unspecified atom stereocenters. The summed E-state index contributed by atoms with van der Waals surface area (Å²) in [6.45, 7) is 0. The predicted octanol–water partition coefficient (Wildman–Crippen LogP) is 7.88. The highest BCUT2D eigenvalue weighted by Crippen LogP contribution is 2.13. The van der Waals surface area contributed by atoms with E-state index in [2.05, 4.69) is 48.6 Å². The van der Waals surface area contributed by atoms with Crippen molar-refractivity contribution in [2.75, 3.05) is 0 Å². The van der Waals surface area contributed by atoms with Crippen LogP contribution in [-0.2, 0) is 0 Å². The molecule has 0 saturated carbocycles. The summed E-state index contributed by atoms with van der Waals surface area (Å²) in [5.41, 5.74) is 0. The summed E-state index contributed by atoms with van der Waals surface area (Å²) in [5.74, 6) is 0. The lowest BCUT2D eigenvalue weighted by Crippen LogP contribution is -1.83. The largest absolute Gasteiger partial charge is 0.0845 e. The van der Waals surface area contributed by atoms with E-state index in [1.54, 1.807) is 0 Å². The minimum Gasteiger partial charge on any atom is -0.0845 e. The molecule has 0 heterocycles. The Morgan fingerprint density at radius 2 is 0.913 bits per heavy atom. The summed E-state index contributed by atoms with van der Waals surface area (Å²) in [5, 5.41) is 0. The van der Waals surface area contributed by atoms with Gasteiger partial charge in [-0.1, -0.05) is 113 Å². The van der Waals surface area contributed by atoms with Crippen LogP contribution in [0.25, 0.3) is 0 Å². The van der Waals surface area contributed by atoms with Crippen molar-refractivity contribution in [3.05, 3.63) is 48.6 Å². The van der Waals surface area contributed by atoms with Crippen LogP contribution in [0.1, 0.15) is 96.3 Å². The van der Waals surface area contributed by atoms with Gasteiger partial charge in [0.25, 0.3) is 0 Å². The first-order chi connectivity index (χ1) is 11.5. The highest BCUT2D eigenvalue weighted by atomic mass is 14.0. The third kappa shape index (κ3) is 15.6. The molecule has 129 valence electrons. The zero-order valence-electron chi connectivity index (χ0n) is 15.1. The van der Waals surface area contributed by atoms with Crippen molar-refractivity contribution < 1.29 is 0 Å². The summed E-state index contributed by atoms with van der Waals surface area (Å²) in [6.07, 6.45) is 39.0. The predicted molar refractivity (Wildman–Crippen MR) is 104 cm³/mol. The highest BCUT2D eigenvalue weighted by Gasteiger charge is 1.94. The molecular formula is C23H37. The Balaban J connectivity index is 2.21. The van der Waals surface area contributed by atoms with E-state index in [9.17, 15) is 0 Å². The van der Waals surface area contributed by atoms with Gasteiger partial charge in [0, 0.05) is 0 Å². The molecule has 0 saturated heterocycles. The van der Waals surface area contributed by atoms with Crippen LogP contribution in [0.5, 0.6) is 0 Å². The highest BCUT2D eigenvalue weighted by molar-refractivity contribution is 5.14. The normalized spacial score (nSPS) is 26.8. The Bertz CT molecular complexity index is 309. The second kappa shape index (κ2) is 17.3. The number of hydrogen-bond acceptors (Lipinski definition) is 0. The van der Waals surface area contributed by atoms with E-state index in [1.165, 1.54) is 89.9 Å². The molecule has 0 aromatic carbocycles. The fraction of sp³-hybridized carbons (Fsp3) is 0.652. The summed E-state index contributed by atoms with van der Waals surface area (Å²) in [4.78, 5) is 0. The minimum atomic E-state index is 1.11. The van der Waals surface area contributed by atoms with Crippen molar-refractivity contribution in [2.24, 2.45) is 0 Å². The fourth-order valence-corrected chi connectivity index (χ4v) is 3.01. The fourth-order valence-electron chi connectivity index (χ4n) is 3.01. The van der Waals surface area contributed by atoms with E-state index in [-0.39, 0.29) is 0 Å². The summed E-state index contributed by atoms with van der Waals surface area (Å²) in [7, 11) is 0. The van der Waals surface area contributed by atoms with Crippen LogP contribution in [-0.4, -0.2) is 0 Å². The molecule has 0 bridgehead atoms. The SMILES string of the molecule is [C]1=C/C=C\C=C/C=C\CCCCCCCCCCCCCCC\1. The van der Waals surface area contributed by atoms with Gasteiger partial charge in [0.2, 0.25) is 0 Å². The Morgan fingerprint density at radius 1 is 0.435 bits per heavy atom. The van der Waals surface area contributed by atoms with Crippen LogP contribution in [0.2, 0.25) is 0 Å². The summed E-state index contributed by atoms with van der Waals surface area (Å²) >= 11 is 0. The van der Waals surface area contributed by atoms with Gasteiger partial charge in [-0.3, -0.25) is 0 Å². The molecule has 0 aromatic heterocycles. The molecule has 0 aliphatic heterocycles. The Morgan fingerprint density at radius 3 is 1.57 bits per heavy atom. The van der Waals surface area contributed by atoms with Crippen LogP contribution in [0.4, 0.5) is 0 Å². The van der Waals surface area contributed by atoms with Gasteiger partial charge >= 0.3 is 0 Å². The van der Waals surface area contributed by atoms with Gasteiger partial charge in [-0.15, -0.1) is 0 Å². The molecule has 0 atom stereocenters. The molecule has 0 spiro atoms. The number of allylic oxidation sites excluding steroid dienone is 8. The average molecular weight is 314 g/mol. The van der Waals surface area contributed by atoms with E-state index in [4.69, 9.17) is 0 Å². The van der Waals surface area contributed by atoms with Gasteiger partial charge in [-0.2, -0.15) is 0 Å². The molecule has 1 aliphatic rings. The quantitative estimate of drug-likeness (QED) is 0.426. The first kappa shape index (κ1) is 20.0. The second-order valence-electron chi connectivity index (χ2n) is 6.70. The molecular weight excluding hydrogens is 276 g/mol. The van der Waals surface area contributed by atoms with Gasteiger partial charge in [0.15, 0.2) is 0 Å². The van der Waals surface area contributed by atoms with E-state index in [1.807, 2.05) is 0 Å². The van der Waals surface area contributed by atoms with Crippen molar-refractivity contribution in [2.45, 2.75) is 96.3 Å². The molecule has 0 nitrogen and oxygen atoms in total. The summed E-state index contributed by atoms with van der Waals surface area (Å²) in [6, 6.07) is 0. The molecule has 23 heavy (non-hydrogen) atoms. The Kier molecular flexibility index (Phi) is 15.1.